The Morgan fingerprint density at radius 1 is 1.19 bits per heavy atom. The molecule has 0 saturated carbocycles. The third kappa shape index (κ3) is 4.50. The van der Waals surface area contributed by atoms with Crippen molar-refractivity contribution in [1.82, 2.24) is 10.3 Å². The monoisotopic (exact) mass is 449 g/mol. The lowest BCUT2D eigenvalue weighted by Gasteiger charge is -2.38. The van der Waals surface area contributed by atoms with E-state index in [1.165, 1.54) is 11.1 Å². The zero-order valence-corrected chi connectivity index (χ0v) is 19.6. The smallest absolute Gasteiger partial charge is 0.104 e. The number of hydrogen-bond acceptors (Lipinski definition) is 6. The molecule has 0 spiro atoms. The van der Waals surface area contributed by atoms with Crippen LogP contribution in [0.15, 0.2) is 66.2 Å². The predicted molar refractivity (Wildman–Crippen MR) is 134 cm³/mol. The molecule has 168 valence electrons. The SMILES string of the molecule is CC1C(c2ccccc2)=CC=CC1(C)Nc1csc2cc(CNC(C)(CO)CO)cnc12. The number of nitrogens with zero attached hydrogens (tertiary/aromatic N) is 1. The fraction of sp³-hybridized carbons (Fsp3) is 0.346. The number of pyridine rings is 1. The summed E-state index contributed by atoms with van der Waals surface area (Å²) >= 11 is 1.67. The predicted octanol–water partition coefficient (Wildman–Crippen LogP) is 4.59. The molecule has 1 aliphatic carbocycles. The Hall–Kier alpha value is -2.51. The van der Waals surface area contributed by atoms with E-state index in [0.29, 0.717) is 6.54 Å². The van der Waals surface area contributed by atoms with Crippen molar-refractivity contribution >= 4 is 32.8 Å². The van der Waals surface area contributed by atoms with Gasteiger partial charge in [0.05, 0.1) is 34.7 Å². The summed E-state index contributed by atoms with van der Waals surface area (Å²) in [4.78, 5) is 4.74. The summed E-state index contributed by atoms with van der Waals surface area (Å²) in [5.74, 6) is 0.281. The van der Waals surface area contributed by atoms with E-state index in [9.17, 15) is 10.2 Å². The van der Waals surface area contributed by atoms with Gasteiger partial charge in [0, 0.05) is 24.0 Å². The molecule has 0 radical (unpaired) electrons. The second-order valence-corrected chi connectivity index (χ2v) is 9.96. The molecule has 2 heterocycles. The Kier molecular flexibility index (Phi) is 6.49. The standard InChI is InChI=1S/C26H31N3O2S/c1-18-21(20-8-5-4-6-9-20)10-7-11-26(18,3)29-22-15-32-23-12-19(13-27-24(22)23)14-28-25(2,16-30)17-31/h4-13,15,18,28-31H,14,16-17H2,1-3H3. The number of aromatic nitrogens is 1. The average molecular weight is 450 g/mol. The maximum atomic E-state index is 9.48. The molecule has 2 aromatic heterocycles. The highest BCUT2D eigenvalue weighted by Crippen LogP contribution is 2.40. The molecule has 0 saturated heterocycles. The Bertz CT molecular complexity index is 1130. The first-order valence-corrected chi connectivity index (χ1v) is 11.8. The lowest BCUT2D eigenvalue weighted by molar-refractivity contribution is 0.103. The van der Waals surface area contributed by atoms with E-state index in [2.05, 4.69) is 78.4 Å². The zero-order chi connectivity index (χ0) is 22.8. The molecule has 0 aliphatic heterocycles. The molecule has 32 heavy (non-hydrogen) atoms. The Morgan fingerprint density at radius 3 is 2.66 bits per heavy atom. The topological polar surface area (TPSA) is 77.4 Å². The molecule has 1 aliphatic rings. The number of aliphatic hydroxyl groups excluding tert-OH is 2. The molecule has 6 heteroatoms. The van der Waals surface area contributed by atoms with Crippen LogP contribution >= 0.6 is 11.3 Å². The van der Waals surface area contributed by atoms with Crippen LogP contribution in [0.2, 0.25) is 0 Å². The maximum absolute atomic E-state index is 9.48. The molecule has 2 unspecified atom stereocenters. The summed E-state index contributed by atoms with van der Waals surface area (Å²) in [7, 11) is 0. The average Bonchev–Trinajstić information content (AvgIpc) is 3.21. The molecule has 0 fully saturated rings. The van der Waals surface area contributed by atoms with Crippen molar-refractivity contribution in [2.24, 2.45) is 5.92 Å². The van der Waals surface area contributed by atoms with Gasteiger partial charge in [-0.1, -0.05) is 55.5 Å². The first kappa shape index (κ1) is 22.7. The van der Waals surface area contributed by atoms with Crippen molar-refractivity contribution in [2.45, 2.75) is 38.4 Å². The van der Waals surface area contributed by atoms with Gasteiger partial charge < -0.3 is 20.8 Å². The molecule has 4 rings (SSSR count). The van der Waals surface area contributed by atoms with E-state index in [-0.39, 0.29) is 24.7 Å². The summed E-state index contributed by atoms with van der Waals surface area (Å²) in [5.41, 5.74) is 4.64. The summed E-state index contributed by atoms with van der Waals surface area (Å²) in [5, 5.41) is 28.1. The van der Waals surface area contributed by atoms with Gasteiger partial charge in [-0.3, -0.25) is 4.98 Å². The van der Waals surface area contributed by atoms with Crippen LogP contribution in [0.25, 0.3) is 15.8 Å². The van der Waals surface area contributed by atoms with Gasteiger partial charge in [0.15, 0.2) is 0 Å². The highest BCUT2D eigenvalue weighted by atomic mass is 32.1. The molecule has 0 bridgehead atoms. The van der Waals surface area contributed by atoms with E-state index < -0.39 is 5.54 Å². The first-order valence-electron chi connectivity index (χ1n) is 10.9. The van der Waals surface area contributed by atoms with Crippen LogP contribution in [0.5, 0.6) is 0 Å². The number of thiophene rings is 1. The molecule has 5 nitrogen and oxygen atoms in total. The van der Waals surface area contributed by atoms with Crippen LogP contribution in [-0.2, 0) is 6.54 Å². The van der Waals surface area contributed by atoms with Gasteiger partial charge in [0.2, 0.25) is 0 Å². The first-order chi connectivity index (χ1) is 15.4. The van der Waals surface area contributed by atoms with Gasteiger partial charge >= 0.3 is 0 Å². The second-order valence-electron chi connectivity index (χ2n) is 9.05. The van der Waals surface area contributed by atoms with Crippen molar-refractivity contribution in [2.75, 3.05) is 18.5 Å². The quantitative estimate of drug-likeness (QED) is 0.405. The van der Waals surface area contributed by atoms with Gasteiger partial charge in [-0.05, 0) is 36.6 Å². The molecule has 3 aromatic rings. The molecule has 2 atom stereocenters. The zero-order valence-electron chi connectivity index (χ0n) is 18.8. The molecule has 0 amide bonds. The molecule has 1 aromatic carbocycles. The van der Waals surface area contributed by atoms with E-state index in [1.807, 2.05) is 12.3 Å². The fourth-order valence-corrected chi connectivity index (χ4v) is 4.91. The van der Waals surface area contributed by atoms with Crippen LogP contribution in [-0.4, -0.2) is 39.5 Å². The number of rotatable bonds is 8. The number of nitrogens with one attached hydrogen (secondary N) is 2. The Balaban J connectivity index is 1.53. The highest BCUT2D eigenvalue weighted by molar-refractivity contribution is 7.17. The van der Waals surface area contributed by atoms with Crippen molar-refractivity contribution in [3.05, 3.63) is 77.3 Å². The third-order valence-electron chi connectivity index (χ3n) is 6.48. The van der Waals surface area contributed by atoms with Gasteiger partial charge in [-0.15, -0.1) is 11.3 Å². The van der Waals surface area contributed by atoms with Crippen molar-refractivity contribution < 1.29 is 10.2 Å². The summed E-state index contributed by atoms with van der Waals surface area (Å²) in [6.45, 7) is 6.57. The number of hydrogen-bond donors (Lipinski definition) is 4. The Labute approximate surface area is 193 Å². The molecular weight excluding hydrogens is 418 g/mol. The van der Waals surface area contributed by atoms with Crippen molar-refractivity contribution in [3.63, 3.8) is 0 Å². The van der Waals surface area contributed by atoms with E-state index in [4.69, 9.17) is 4.98 Å². The number of benzene rings is 1. The fourth-order valence-electron chi connectivity index (χ4n) is 4.00. The van der Waals surface area contributed by atoms with Gasteiger partial charge in [0.25, 0.3) is 0 Å². The lowest BCUT2D eigenvalue weighted by Crippen LogP contribution is -2.48. The molecule has 4 N–H and O–H groups in total. The van der Waals surface area contributed by atoms with Crippen molar-refractivity contribution in [1.29, 1.82) is 0 Å². The van der Waals surface area contributed by atoms with E-state index in [0.717, 1.165) is 21.5 Å². The minimum Gasteiger partial charge on any atom is -0.394 e. The summed E-state index contributed by atoms with van der Waals surface area (Å²) in [6, 6.07) is 12.7. The third-order valence-corrected chi connectivity index (χ3v) is 7.40. The van der Waals surface area contributed by atoms with E-state index in [1.54, 1.807) is 18.3 Å². The minimum atomic E-state index is -0.709. The molecular formula is C26H31N3O2S. The highest BCUT2D eigenvalue weighted by Gasteiger charge is 2.34. The van der Waals surface area contributed by atoms with Crippen LogP contribution in [0.4, 0.5) is 5.69 Å². The van der Waals surface area contributed by atoms with Crippen LogP contribution < -0.4 is 10.6 Å². The minimum absolute atomic E-state index is 0.129. The lowest BCUT2D eigenvalue weighted by atomic mass is 9.75. The van der Waals surface area contributed by atoms with Crippen LogP contribution in [0.3, 0.4) is 0 Å². The summed E-state index contributed by atoms with van der Waals surface area (Å²) in [6.07, 6.45) is 8.44. The van der Waals surface area contributed by atoms with Gasteiger partial charge in [0.1, 0.15) is 5.52 Å². The van der Waals surface area contributed by atoms with Gasteiger partial charge in [-0.2, -0.15) is 0 Å². The largest absolute Gasteiger partial charge is 0.394 e. The maximum Gasteiger partial charge on any atom is 0.104 e. The Morgan fingerprint density at radius 2 is 1.94 bits per heavy atom. The number of anilines is 1. The van der Waals surface area contributed by atoms with Gasteiger partial charge in [-0.25, -0.2) is 0 Å². The normalized spacial score (nSPS) is 21.0. The van der Waals surface area contributed by atoms with Crippen molar-refractivity contribution in [3.8, 4) is 0 Å². The number of aliphatic hydroxyl groups is 2. The van der Waals surface area contributed by atoms with Crippen LogP contribution in [0, 0.1) is 5.92 Å². The number of fused-ring (bicyclic) bond motifs is 1. The van der Waals surface area contributed by atoms with E-state index >= 15 is 0 Å². The van der Waals surface area contributed by atoms with Crippen LogP contribution in [0.1, 0.15) is 31.9 Å². The number of allylic oxidation sites excluding steroid dienone is 2. The second kappa shape index (κ2) is 9.16. The summed E-state index contributed by atoms with van der Waals surface area (Å²) < 4.78 is 1.11.